The SMILES string of the molecule is Cc1ccc(C(=O)c2cc(C)sc2NC(=O)C[NH+]2CCc3ccccc3C2)cc1. The molecule has 2 aromatic carbocycles. The van der Waals surface area contributed by atoms with Crippen molar-refractivity contribution in [3.63, 3.8) is 0 Å². The van der Waals surface area contributed by atoms with Gasteiger partial charge in [-0.05, 0) is 25.5 Å². The molecule has 2 N–H and O–H groups in total. The number of quaternary nitrogens is 1. The van der Waals surface area contributed by atoms with Gasteiger partial charge in [0.05, 0.1) is 12.1 Å². The molecule has 0 saturated carbocycles. The molecule has 1 atom stereocenters. The Morgan fingerprint density at radius 3 is 2.52 bits per heavy atom. The third-order valence-corrected chi connectivity index (χ3v) is 6.35. The fraction of sp³-hybridized carbons (Fsp3) is 0.250. The van der Waals surface area contributed by atoms with Crippen molar-refractivity contribution in [3.05, 3.63) is 87.3 Å². The summed E-state index contributed by atoms with van der Waals surface area (Å²) in [5.74, 6) is -0.0944. The minimum absolute atomic E-state index is 0.0424. The normalized spacial score (nSPS) is 15.6. The van der Waals surface area contributed by atoms with Gasteiger partial charge in [0.25, 0.3) is 5.91 Å². The van der Waals surface area contributed by atoms with Gasteiger partial charge in [-0.25, -0.2) is 0 Å². The summed E-state index contributed by atoms with van der Waals surface area (Å²) in [4.78, 5) is 27.9. The molecule has 0 spiro atoms. The van der Waals surface area contributed by atoms with E-state index in [1.807, 2.05) is 44.2 Å². The van der Waals surface area contributed by atoms with E-state index in [9.17, 15) is 9.59 Å². The number of ketones is 1. The molecule has 0 fully saturated rings. The number of benzene rings is 2. The first-order valence-corrected chi connectivity index (χ1v) is 10.7. The van der Waals surface area contributed by atoms with Crippen LogP contribution < -0.4 is 10.2 Å². The van der Waals surface area contributed by atoms with Crippen molar-refractivity contribution in [1.29, 1.82) is 0 Å². The standard InChI is InChI=1S/C24H24N2O2S/c1-16-7-9-19(10-8-16)23(28)21-13-17(2)29-24(21)25-22(27)15-26-12-11-18-5-3-4-6-20(18)14-26/h3-10,13H,11-12,14-15H2,1-2H3,(H,25,27)/p+1. The van der Waals surface area contributed by atoms with Crippen LogP contribution in [-0.2, 0) is 17.8 Å². The molecule has 4 nitrogen and oxygen atoms in total. The van der Waals surface area contributed by atoms with Gasteiger partial charge in [0, 0.05) is 22.4 Å². The van der Waals surface area contributed by atoms with Gasteiger partial charge in [0.15, 0.2) is 12.3 Å². The van der Waals surface area contributed by atoms with Crippen molar-refractivity contribution < 1.29 is 14.5 Å². The second-order valence-electron chi connectivity index (χ2n) is 7.72. The largest absolute Gasteiger partial charge is 0.323 e. The number of nitrogens with one attached hydrogen (secondary N) is 2. The Morgan fingerprint density at radius 2 is 1.76 bits per heavy atom. The van der Waals surface area contributed by atoms with Gasteiger partial charge in [-0.15, -0.1) is 11.3 Å². The molecule has 2 heterocycles. The van der Waals surface area contributed by atoms with Crippen LogP contribution in [0.25, 0.3) is 0 Å². The van der Waals surface area contributed by atoms with Crippen LogP contribution in [-0.4, -0.2) is 24.8 Å². The smallest absolute Gasteiger partial charge is 0.280 e. The molecule has 0 bridgehead atoms. The molecule has 148 valence electrons. The Balaban J connectivity index is 1.45. The zero-order chi connectivity index (χ0) is 20.4. The van der Waals surface area contributed by atoms with E-state index in [0.29, 0.717) is 22.7 Å². The maximum absolute atomic E-state index is 13.0. The third kappa shape index (κ3) is 4.47. The lowest BCUT2D eigenvalue weighted by Crippen LogP contribution is -3.12. The predicted octanol–water partition coefficient (Wildman–Crippen LogP) is 3.18. The van der Waals surface area contributed by atoms with Gasteiger partial charge in [-0.2, -0.15) is 0 Å². The van der Waals surface area contributed by atoms with Gasteiger partial charge in [-0.3, -0.25) is 9.59 Å². The Morgan fingerprint density at radius 1 is 1.03 bits per heavy atom. The zero-order valence-corrected chi connectivity index (χ0v) is 17.6. The Bertz CT molecular complexity index is 1050. The van der Waals surface area contributed by atoms with Crippen molar-refractivity contribution in [2.75, 3.05) is 18.4 Å². The summed E-state index contributed by atoms with van der Waals surface area (Å²) in [7, 11) is 0. The first-order valence-electron chi connectivity index (χ1n) is 9.91. The van der Waals surface area contributed by atoms with Crippen molar-refractivity contribution in [1.82, 2.24) is 0 Å². The van der Waals surface area contributed by atoms with Gasteiger partial charge in [0.1, 0.15) is 11.5 Å². The van der Waals surface area contributed by atoms with E-state index in [2.05, 4.69) is 29.6 Å². The molecular weight excluding hydrogens is 380 g/mol. The van der Waals surface area contributed by atoms with Crippen LogP contribution in [0.3, 0.4) is 0 Å². The molecule has 3 aromatic rings. The lowest BCUT2D eigenvalue weighted by Gasteiger charge is -2.25. The highest BCUT2D eigenvalue weighted by Gasteiger charge is 2.23. The average Bonchev–Trinajstić information content (AvgIpc) is 3.07. The van der Waals surface area contributed by atoms with Gasteiger partial charge in [-0.1, -0.05) is 54.1 Å². The third-order valence-electron chi connectivity index (χ3n) is 5.38. The molecule has 1 unspecified atom stereocenters. The highest BCUT2D eigenvalue weighted by Crippen LogP contribution is 2.29. The first kappa shape index (κ1) is 19.6. The highest BCUT2D eigenvalue weighted by atomic mass is 32.1. The summed E-state index contributed by atoms with van der Waals surface area (Å²) in [6, 6.07) is 17.9. The molecule has 29 heavy (non-hydrogen) atoms. The van der Waals surface area contributed by atoms with Crippen LogP contribution in [0, 0.1) is 13.8 Å². The molecule has 0 radical (unpaired) electrons. The number of aryl methyl sites for hydroxylation is 2. The van der Waals surface area contributed by atoms with E-state index in [1.54, 1.807) is 0 Å². The van der Waals surface area contributed by atoms with Crippen LogP contribution in [0.5, 0.6) is 0 Å². The van der Waals surface area contributed by atoms with E-state index in [4.69, 9.17) is 0 Å². The minimum Gasteiger partial charge on any atom is -0.323 e. The maximum atomic E-state index is 13.0. The van der Waals surface area contributed by atoms with Crippen LogP contribution in [0.1, 0.15) is 37.5 Å². The first-order chi connectivity index (χ1) is 14.0. The predicted molar refractivity (Wildman–Crippen MR) is 117 cm³/mol. The summed E-state index contributed by atoms with van der Waals surface area (Å²) in [6.45, 7) is 6.17. The molecule has 0 aliphatic carbocycles. The number of rotatable bonds is 5. The number of amides is 1. The Labute approximate surface area is 175 Å². The lowest BCUT2D eigenvalue weighted by atomic mass is 10.00. The number of carbonyl (C=O) groups excluding carboxylic acids is 2. The molecule has 0 saturated heterocycles. The second kappa shape index (κ2) is 8.31. The number of fused-ring (bicyclic) bond motifs is 1. The van der Waals surface area contributed by atoms with E-state index in [-0.39, 0.29) is 11.7 Å². The van der Waals surface area contributed by atoms with E-state index >= 15 is 0 Å². The summed E-state index contributed by atoms with van der Waals surface area (Å²) < 4.78 is 0. The number of anilines is 1. The Hall–Kier alpha value is -2.76. The van der Waals surface area contributed by atoms with Gasteiger partial charge >= 0.3 is 0 Å². The number of thiophene rings is 1. The number of carbonyl (C=O) groups is 2. The molecule has 1 amide bonds. The van der Waals surface area contributed by atoms with E-state index in [1.165, 1.54) is 27.4 Å². The molecule has 1 aliphatic rings. The lowest BCUT2D eigenvalue weighted by molar-refractivity contribution is -0.907. The summed E-state index contributed by atoms with van der Waals surface area (Å²) >= 11 is 1.46. The Kier molecular flexibility index (Phi) is 5.60. The maximum Gasteiger partial charge on any atom is 0.280 e. The quantitative estimate of drug-likeness (QED) is 0.641. The average molecular weight is 406 g/mol. The number of hydrogen-bond acceptors (Lipinski definition) is 3. The molecule has 1 aromatic heterocycles. The van der Waals surface area contributed by atoms with E-state index < -0.39 is 0 Å². The fourth-order valence-corrected chi connectivity index (χ4v) is 4.75. The van der Waals surface area contributed by atoms with Crippen LogP contribution >= 0.6 is 11.3 Å². The van der Waals surface area contributed by atoms with Crippen LogP contribution in [0.4, 0.5) is 5.00 Å². The fourth-order valence-electron chi connectivity index (χ4n) is 3.83. The van der Waals surface area contributed by atoms with Crippen molar-refractivity contribution in [3.8, 4) is 0 Å². The zero-order valence-electron chi connectivity index (χ0n) is 16.7. The summed E-state index contributed by atoms with van der Waals surface area (Å²) in [5, 5.41) is 3.65. The van der Waals surface area contributed by atoms with Crippen LogP contribution in [0.15, 0.2) is 54.6 Å². The summed E-state index contributed by atoms with van der Waals surface area (Å²) in [6.07, 6.45) is 0.994. The van der Waals surface area contributed by atoms with Crippen LogP contribution in [0.2, 0.25) is 0 Å². The van der Waals surface area contributed by atoms with Crippen molar-refractivity contribution >= 4 is 28.0 Å². The van der Waals surface area contributed by atoms with Gasteiger partial charge in [0.2, 0.25) is 0 Å². The van der Waals surface area contributed by atoms with E-state index in [0.717, 1.165) is 30.0 Å². The van der Waals surface area contributed by atoms with Gasteiger partial charge < -0.3 is 10.2 Å². The molecule has 1 aliphatic heterocycles. The summed E-state index contributed by atoms with van der Waals surface area (Å²) in [5.41, 5.74) is 5.04. The molecule has 4 rings (SSSR count). The highest BCUT2D eigenvalue weighted by molar-refractivity contribution is 7.16. The molecular formula is C24H25N2O2S+. The topological polar surface area (TPSA) is 50.6 Å². The monoisotopic (exact) mass is 405 g/mol. The minimum atomic E-state index is -0.0519. The van der Waals surface area contributed by atoms with Crippen molar-refractivity contribution in [2.45, 2.75) is 26.8 Å². The number of hydrogen-bond donors (Lipinski definition) is 2. The second-order valence-corrected chi connectivity index (χ2v) is 8.97. The van der Waals surface area contributed by atoms with Crippen molar-refractivity contribution in [2.24, 2.45) is 0 Å². The molecule has 5 heteroatoms.